The topological polar surface area (TPSA) is 128 Å². The summed E-state index contributed by atoms with van der Waals surface area (Å²) in [5.41, 5.74) is 1.59. The number of carbonyl (C=O) groups is 2. The van der Waals surface area contributed by atoms with E-state index in [-0.39, 0.29) is 25.3 Å². The van der Waals surface area contributed by atoms with Gasteiger partial charge in [-0.05, 0) is 37.0 Å². The largest absolute Gasteiger partial charge is 0.480 e. The summed E-state index contributed by atoms with van der Waals surface area (Å²) in [7, 11) is 0. The van der Waals surface area contributed by atoms with Crippen LogP contribution in [0, 0.1) is 17.0 Å². The molecule has 2 N–H and O–H groups in total. The van der Waals surface area contributed by atoms with Crippen molar-refractivity contribution in [1.29, 1.82) is 0 Å². The predicted octanol–water partition coefficient (Wildman–Crippen LogP) is 4.09. The van der Waals surface area contributed by atoms with E-state index in [1.165, 1.54) is 6.07 Å². The molecule has 0 unspecified atom stereocenters. The quantitative estimate of drug-likeness (QED) is 0.234. The van der Waals surface area contributed by atoms with Crippen LogP contribution in [0.5, 0.6) is 0 Å². The highest BCUT2D eigenvalue weighted by Gasteiger charge is 2.20. The average Bonchev–Trinajstić information content (AvgIpc) is 2.71. The van der Waals surface area contributed by atoms with Crippen LogP contribution in [0.4, 0.5) is 10.5 Å². The lowest BCUT2D eigenvalue weighted by Gasteiger charge is -2.14. The van der Waals surface area contributed by atoms with Gasteiger partial charge >= 0.3 is 12.1 Å². The van der Waals surface area contributed by atoms with Gasteiger partial charge in [0.05, 0.1) is 11.5 Å². The molecule has 0 saturated carbocycles. The molecular weight excluding hydrogens is 412 g/mol. The Balaban J connectivity index is 1.75. The van der Waals surface area contributed by atoms with E-state index in [9.17, 15) is 24.8 Å². The predicted molar refractivity (Wildman–Crippen MR) is 110 cm³/mol. The fourth-order valence-corrected chi connectivity index (χ4v) is 3.24. The van der Waals surface area contributed by atoms with Gasteiger partial charge in [0.2, 0.25) is 0 Å². The number of carboxylic acid groups (broad SMARTS) is 1. The highest BCUT2D eigenvalue weighted by Crippen LogP contribution is 2.30. The third-order valence-electron chi connectivity index (χ3n) is 3.98. The number of nitrogens with zero attached hydrogens (tertiary/aromatic N) is 1. The van der Waals surface area contributed by atoms with Crippen LogP contribution in [0.15, 0.2) is 53.4 Å². The molecule has 0 bridgehead atoms. The fraction of sp³-hybridized carbons (Fsp3) is 0.300. The Morgan fingerprint density at radius 1 is 1.23 bits per heavy atom. The Labute approximate surface area is 177 Å². The Morgan fingerprint density at radius 3 is 2.63 bits per heavy atom. The van der Waals surface area contributed by atoms with Crippen LogP contribution in [0.2, 0.25) is 0 Å². The summed E-state index contributed by atoms with van der Waals surface area (Å²) in [5, 5.41) is 22.6. The highest BCUT2D eigenvalue weighted by molar-refractivity contribution is 7.94. The number of hydrogen-bond donors (Lipinski definition) is 2. The first kappa shape index (κ1) is 23.2. The molecule has 10 heteroatoms. The number of carboxylic acids is 1. The van der Waals surface area contributed by atoms with Gasteiger partial charge in [-0.15, -0.1) is 0 Å². The maximum absolute atomic E-state index is 11.8. The molecule has 0 heterocycles. The van der Waals surface area contributed by atoms with Crippen LogP contribution < -0.4 is 5.32 Å². The molecule has 1 atom stereocenters. The summed E-state index contributed by atoms with van der Waals surface area (Å²) >= 11 is 0.868. The molecule has 0 spiro atoms. The van der Waals surface area contributed by atoms with E-state index >= 15 is 0 Å². The van der Waals surface area contributed by atoms with E-state index in [0.717, 1.165) is 23.2 Å². The maximum Gasteiger partial charge on any atom is 0.408 e. The number of nitro benzene ring substituents is 1. The lowest BCUT2D eigenvalue weighted by molar-refractivity contribution is -0.387. The Bertz CT molecular complexity index is 877. The van der Waals surface area contributed by atoms with Gasteiger partial charge < -0.3 is 19.3 Å². The van der Waals surface area contributed by atoms with Crippen LogP contribution >= 0.6 is 12.0 Å². The summed E-state index contributed by atoms with van der Waals surface area (Å²) in [6.45, 7) is 2.00. The standard InChI is InChI=1S/C20H22N2O7S/c1-14-9-10-17(22(26)27)18(12-14)30-29-11-5-8-16(19(23)24)21-20(25)28-13-15-6-3-2-4-7-15/h2-4,6-7,9-10,12,16H,5,8,11,13H2,1H3,(H,21,25)(H,23,24)/t16-/m0/s1. The van der Waals surface area contributed by atoms with Crippen LogP contribution in [0.25, 0.3) is 0 Å². The van der Waals surface area contributed by atoms with Gasteiger partial charge in [0.1, 0.15) is 17.5 Å². The summed E-state index contributed by atoms with van der Waals surface area (Å²) in [6.07, 6.45) is -0.383. The van der Waals surface area contributed by atoms with E-state index < -0.39 is 23.0 Å². The number of benzene rings is 2. The van der Waals surface area contributed by atoms with Gasteiger partial charge in [-0.1, -0.05) is 36.4 Å². The number of carbonyl (C=O) groups excluding carboxylic acids is 1. The number of ether oxygens (including phenoxy) is 1. The van der Waals surface area contributed by atoms with E-state index in [4.69, 9.17) is 8.92 Å². The third kappa shape index (κ3) is 7.72. The zero-order valence-electron chi connectivity index (χ0n) is 16.3. The van der Waals surface area contributed by atoms with Gasteiger partial charge in [0.15, 0.2) is 0 Å². The third-order valence-corrected chi connectivity index (χ3v) is 4.78. The molecule has 30 heavy (non-hydrogen) atoms. The first-order valence-electron chi connectivity index (χ1n) is 9.11. The number of alkyl carbamates (subject to hydrolysis) is 1. The van der Waals surface area contributed by atoms with Gasteiger partial charge in [0, 0.05) is 18.1 Å². The van der Waals surface area contributed by atoms with Gasteiger partial charge in [-0.25, -0.2) is 9.59 Å². The lowest BCUT2D eigenvalue weighted by Crippen LogP contribution is -2.41. The van der Waals surface area contributed by atoms with E-state index in [1.54, 1.807) is 36.4 Å². The molecule has 0 aliphatic carbocycles. The maximum atomic E-state index is 11.8. The van der Waals surface area contributed by atoms with Gasteiger partial charge in [-0.2, -0.15) is 0 Å². The first-order chi connectivity index (χ1) is 14.4. The molecule has 0 radical (unpaired) electrons. The molecule has 2 aromatic carbocycles. The van der Waals surface area contributed by atoms with Crippen molar-refractivity contribution in [2.24, 2.45) is 0 Å². The Morgan fingerprint density at radius 2 is 1.97 bits per heavy atom. The molecule has 0 fully saturated rings. The number of aliphatic carboxylic acids is 1. The zero-order valence-corrected chi connectivity index (χ0v) is 17.1. The minimum absolute atomic E-state index is 0.0357. The molecule has 9 nitrogen and oxygen atoms in total. The first-order valence-corrected chi connectivity index (χ1v) is 9.85. The normalized spacial score (nSPS) is 11.5. The van der Waals surface area contributed by atoms with E-state index in [2.05, 4.69) is 5.32 Å². The van der Waals surface area contributed by atoms with Crippen LogP contribution in [0.1, 0.15) is 24.0 Å². The van der Waals surface area contributed by atoms with Crippen molar-refractivity contribution in [2.75, 3.05) is 6.61 Å². The number of hydrogen-bond acceptors (Lipinski definition) is 7. The highest BCUT2D eigenvalue weighted by atomic mass is 32.2. The Hall–Kier alpha value is -3.11. The van der Waals surface area contributed by atoms with E-state index in [1.807, 2.05) is 13.0 Å². The molecule has 0 aliphatic rings. The summed E-state index contributed by atoms with van der Waals surface area (Å²) in [4.78, 5) is 34.1. The molecule has 2 rings (SSSR count). The number of nitrogens with one attached hydrogen (secondary N) is 1. The molecule has 2 aromatic rings. The molecule has 160 valence electrons. The number of aryl methyl sites for hydroxylation is 1. The summed E-state index contributed by atoms with van der Waals surface area (Å²) in [5.74, 6) is -1.19. The van der Waals surface area contributed by atoms with Gasteiger partial charge in [-0.3, -0.25) is 10.1 Å². The zero-order chi connectivity index (χ0) is 21.9. The molecular formula is C20H22N2O7S. The second-order valence-electron chi connectivity index (χ2n) is 6.37. The van der Waals surface area contributed by atoms with Crippen LogP contribution in [-0.2, 0) is 20.3 Å². The lowest BCUT2D eigenvalue weighted by atomic mass is 10.1. The summed E-state index contributed by atoms with van der Waals surface area (Å²) in [6, 6.07) is 12.6. The van der Waals surface area contributed by atoms with Crippen molar-refractivity contribution in [3.8, 4) is 0 Å². The van der Waals surface area contributed by atoms with Crippen molar-refractivity contribution >= 4 is 29.8 Å². The second-order valence-corrected chi connectivity index (χ2v) is 7.21. The molecule has 0 saturated heterocycles. The number of nitro groups is 1. The van der Waals surface area contributed by atoms with Crippen molar-refractivity contribution in [1.82, 2.24) is 5.32 Å². The summed E-state index contributed by atoms with van der Waals surface area (Å²) < 4.78 is 10.4. The van der Waals surface area contributed by atoms with Crippen molar-refractivity contribution < 1.29 is 28.5 Å². The van der Waals surface area contributed by atoms with Crippen molar-refractivity contribution in [3.63, 3.8) is 0 Å². The van der Waals surface area contributed by atoms with Crippen LogP contribution in [-0.4, -0.2) is 34.7 Å². The fourth-order valence-electron chi connectivity index (χ4n) is 2.45. The average molecular weight is 434 g/mol. The molecule has 1 amide bonds. The van der Waals surface area contributed by atoms with Crippen molar-refractivity contribution in [2.45, 2.75) is 37.3 Å². The SMILES string of the molecule is Cc1ccc([N+](=O)[O-])c(SOCCC[C@H](NC(=O)OCc2ccccc2)C(=O)O)c1. The van der Waals surface area contributed by atoms with Crippen molar-refractivity contribution in [3.05, 3.63) is 69.8 Å². The van der Waals surface area contributed by atoms with Crippen LogP contribution in [0.3, 0.4) is 0 Å². The van der Waals surface area contributed by atoms with Gasteiger partial charge in [0.25, 0.3) is 5.69 Å². The number of rotatable bonds is 11. The Kier molecular flexibility index (Phi) is 9.10. The molecule has 0 aliphatic heterocycles. The second kappa shape index (κ2) is 11.8. The van der Waals surface area contributed by atoms with E-state index in [0.29, 0.717) is 11.3 Å². The number of amides is 1. The molecule has 0 aromatic heterocycles. The minimum Gasteiger partial charge on any atom is -0.480 e. The smallest absolute Gasteiger partial charge is 0.408 e. The monoisotopic (exact) mass is 434 g/mol. The minimum atomic E-state index is -1.19.